The van der Waals surface area contributed by atoms with Crippen molar-refractivity contribution in [2.24, 2.45) is 0 Å². The van der Waals surface area contributed by atoms with Crippen LogP contribution < -0.4 is 0 Å². The summed E-state index contributed by atoms with van der Waals surface area (Å²) in [6.07, 6.45) is 1.81. The maximum Gasteiger partial charge on any atom is 0.166 e. The van der Waals surface area contributed by atoms with Crippen LogP contribution >= 0.6 is 0 Å². The van der Waals surface area contributed by atoms with Crippen molar-refractivity contribution in [3.05, 3.63) is 146 Å². The fourth-order valence-electron chi connectivity index (χ4n) is 5.04. The van der Waals surface area contributed by atoms with Crippen LogP contribution in [-0.4, -0.2) is 19.9 Å². The molecular weight excluding hydrogens is 488 g/mol. The van der Waals surface area contributed by atoms with Crippen LogP contribution in [0.1, 0.15) is 0 Å². The number of para-hydroxylation sites is 1. The van der Waals surface area contributed by atoms with Crippen LogP contribution in [0.3, 0.4) is 0 Å². The Labute approximate surface area is 232 Å². The Morgan fingerprint density at radius 1 is 0.350 bits per heavy atom. The van der Waals surface area contributed by atoms with Crippen molar-refractivity contribution in [2.75, 3.05) is 0 Å². The van der Waals surface area contributed by atoms with E-state index in [2.05, 4.69) is 83.8 Å². The highest BCUT2D eigenvalue weighted by Crippen LogP contribution is 2.36. The second-order valence-electron chi connectivity index (χ2n) is 9.55. The zero-order valence-corrected chi connectivity index (χ0v) is 21.6. The molecule has 0 aliphatic rings. The van der Waals surface area contributed by atoms with Crippen molar-refractivity contribution in [3.63, 3.8) is 0 Å². The molecule has 0 saturated heterocycles. The molecule has 0 fully saturated rings. The van der Waals surface area contributed by atoms with Gasteiger partial charge >= 0.3 is 0 Å². The molecule has 0 aliphatic heterocycles. The van der Waals surface area contributed by atoms with Gasteiger partial charge in [-0.25, -0.2) is 15.0 Å². The van der Waals surface area contributed by atoms with Crippen LogP contribution in [0, 0.1) is 0 Å². The first-order chi connectivity index (χ1) is 19.8. The average Bonchev–Trinajstić information content (AvgIpc) is 3.05. The van der Waals surface area contributed by atoms with E-state index >= 15 is 0 Å². The first-order valence-electron chi connectivity index (χ1n) is 13.2. The highest BCUT2D eigenvalue weighted by Gasteiger charge is 2.16. The minimum Gasteiger partial charge on any atom is -0.255 e. The van der Waals surface area contributed by atoms with Gasteiger partial charge in [0.05, 0.1) is 5.52 Å². The fourth-order valence-corrected chi connectivity index (χ4v) is 5.04. The predicted octanol–water partition coefficient (Wildman–Crippen LogP) is 8.75. The molecule has 4 nitrogen and oxygen atoms in total. The number of nitrogens with zero attached hydrogens (tertiary/aromatic N) is 4. The molecule has 0 bridgehead atoms. The Morgan fingerprint density at radius 3 is 1.62 bits per heavy atom. The summed E-state index contributed by atoms with van der Waals surface area (Å²) in [4.78, 5) is 19.6. The monoisotopic (exact) mass is 512 g/mol. The van der Waals surface area contributed by atoms with Crippen molar-refractivity contribution in [3.8, 4) is 56.4 Å². The number of rotatable bonds is 5. The van der Waals surface area contributed by atoms with Crippen molar-refractivity contribution in [2.45, 2.75) is 0 Å². The third-order valence-corrected chi connectivity index (χ3v) is 6.99. The van der Waals surface area contributed by atoms with E-state index in [4.69, 9.17) is 15.0 Å². The summed E-state index contributed by atoms with van der Waals surface area (Å²) in [6, 6.07) is 47.5. The Hall–Kier alpha value is -5.48. The average molecular weight is 513 g/mol. The van der Waals surface area contributed by atoms with Crippen molar-refractivity contribution >= 4 is 10.9 Å². The number of hydrogen-bond donors (Lipinski definition) is 0. The lowest BCUT2D eigenvalue weighted by Gasteiger charge is -2.14. The van der Waals surface area contributed by atoms with Gasteiger partial charge < -0.3 is 0 Å². The summed E-state index contributed by atoms with van der Waals surface area (Å²) >= 11 is 0. The number of fused-ring (bicyclic) bond motifs is 1. The minimum absolute atomic E-state index is 0.599. The number of benzene rings is 5. The lowest BCUT2D eigenvalue weighted by molar-refractivity contribution is 1.07. The highest BCUT2D eigenvalue weighted by molar-refractivity contribution is 5.92. The van der Waals surface area contributed by atoms with Gasteiger partial charge in [-0.2, -0.15) is 0 Å². The van der Waals surface area contributed by atoms with Crippen molar-refractivity contribution in [1.82, 2.24) is 19.9 Å². The van der Waals surface area contributed by atoms with Crippen LogP contribution in [0.25, 0.3) is 67.3 Å². The van der Waals surface area contributed by atoms with E-state index in [0.29, 0.717) is 17.5 Å². The largest absolute Gasteiger partial charge is 0.255 e. The molecule has 2 aromatic heterocycles. The van der Waals surface area contributed by atoms with E-state index in [1.165, 1.54) is 0 Å². The van der Waals surface area contributed by atoms with Crippen molar-refractivity contribution in [1.29, 1.82) is 0 Å². The molecule has 0 saturated carbocycles. The maximum atomic E-state index is 5.02. The Balaban J connectivity index is 1.46. The Morgan fingerprint density at radius 2 is 0.925 bits per heavy atom. The first kappa shape index (κ1) is 23.6. The van der Waals surface area contributed by atoms with Gasteiger partial charge in [0.15, 0.2) is 17.5 Å². The predicted molar refractivity (Wildman–Crippen MR) is 162 cm³/mol. The van der Waals surface area contributed by atoms with E-state index in [9.17, 15) is 0 Å². The molecular formula is C36H24N4. The van der Waals surface area contributed by atoms with Crippen LogP contribution in [0.2, 0.25) is 0 Å². The number of aromatic nitrogens is 4. The smallest absolute Gasteiger partial charge is 0.166 e. The summed E-state index contributed by atoms with van der Waals surface area (Å²) in [5, 5.41) is 1.04. The quantitative estimate of drug-likeness (QED) is 0.231. The van der Waals surface area contributed by atoms with Crippen LogP contribution in [0.15, 0.2) is 146 Å². The molecule has 188 valence electrons. The summed E-state index contributed by atoms with van der Waals surface area (Å²) in [6.45, 7) is 0. The lowest BCUT2D eigenvalue weighted by Crippen LogP contribution is -2.01. The molecule has 7 aromatic rings. The summed E-state index contributed by atoms with van der Waals surface area (Å²) in [7, 11) is 0. The maximum absolute atomic E-state index is 5.02. The summed E-state index contributed by atoms with van der Waals surface area (Å²) < 4.78 is 0. The second kappa shape index (κ2) is 10.4. The molecule has 0 amide bonds. The van der Waals surface area contributed by atoms with E-state index < -0.39 is 0 Å². The topological polar surface area (TPSA) is 51.6 Å². The molecule has 7 rings (SSSR count). The molecule has 40 heavy (non-hydrogen) atoms. The van der Waals surface area contributed by atoms with E-state index in [1.807, 2.05) is 60.7 Å². The first-order valence-corrected chi connectivity index (χ1v) is 13.2. The van der Waals surface area contributed by atoms with Gasteiger partial charge in [-0.1, -0.05) is 121 Å². The van der Waals surface area contributed by atoms with Gasteiger partial charge in [0, 0.05) is 28.3 Å². The molecule has 0 N–H and O–H groups in total. The second-order valence-corrected chi connectivity index (χ2v) is 9.55. The molecule has 4 heteroatoms. The normalized spacial score (nSPS) is 11.0. The molecule has 5 aromatic carbocycles. The number of pyridine rings is 1. The summed E-state index contributed by atoms with van der Waals surface area (Å²) in [5.74, 6) is 1.84. The van der Waals surface area contributed by atoms with E-state index in [1.54, 1.807) is 6.20 Å². The van der Waals surface area contributed by atoms with Crippen molar-refractivity contribution < 1.29 is 0 Å². The number of hydrogen-bond acceptors (Lipinski definition) is 4. The van der Waals surface area contributed by atoms with Gasteiger partial charge in [-0.15, -0.1) is 0 Å². The summed E-state index contributed by atoms with van der Waals surface area (Å²) in [5.41, 5.74) is 8.19. The molecule has 0 unspecified atom stereocenters. The fraction of sp³-hybridized carbons (Fsp3) is 0. The zero-order valence-electron chi connectivity index (χ0n) is 21.6. The van der Waals surface area contributed by atoms with Gasteiger partial charge in [-0.3, -0.25) is 4.98 Å². The Kier molecular flexibility index (Phi) is 6.11. The van der Waals surface area contributed by atoms with Crippen LogP contribution in [-0.2, 0) is 0 Å². The molecule has 0 spiro atoms. The van der Waals surface area contributed by atoms with Gasteiger partial charge in [0.2, 0.25) is 0 Å². The van der Waals surface area contributed by atoms with Gasteiger partial charge in [-0.05, 0) is 40.5 Å². The third-order valence-electron chi connectivity index (χ3n) is 6.99. The van der Waals surface area contributed by atoms with E-state index in [0.717, 1.165) is 49.8 Å². The van der Waals surface area contributed by atoms with Gasteiger partial charge in [0.1, 0.15) is 0 Å². The zero-order chi connectivity index (χ0) is 26.7. The third kappa shape index (κ3) is 4.52. The van der Waals surface area contributed by atoms with Gasteiger partial charge in [0.25, 0.3) is 0 Å². The van der Waals surface area contributed by atoms with Crippen LogP contribution in [0.4, 0.5) is 0 Å². The van der Waals surface area contributed by atoms with E-state index in [-0.39, 0.29) is 0 Å². The molecule has 2 heterocycles. The molecule has 0 aliphatic carbocycles. The Bertz CT molecular complexity index is 1930. The lowest BCUT2D eigenvalue weighted by atomic mass is 9.92. The SMILES string of the molecule is c1ccc(-c2nc(-c3ccc(-c4ccccc4)c(-c4ccccc4)c3)nc(-c3cccc4cccnc34)n2)cc1. The standard InChI is InChI=1S/C36H24N4/c1-4-12-25(13-5-1)30-22-21-29(24-32(30)26-14-6-2-7-15-26)35-38-34(28-16-8-3-9-17-28)39-36(40-35)31-20-10-18-27-19-11-23-37-33(27)31/h1-24H. The molecule has 0 atom stereocenters. The van der Waals surface area contributed by atoms with Crippen LogP contribution in [0.5, 0.6) is 0 Å². The highest BCUT2D eigenvalue weighted by atomic mass is 15.0. The minimum atomic E-state index is 0.599. The molecule has 0 radical (unpaired) electrons.